The molecular weight excluding hydrogens is 258 g/mol. The largest absolute Gasteiger partial charge is 0.243 e. The minimum atomic E-state index is -3.41. The first-order chi connectivity index (χ1) is 9.00. The summed E-state index contributed by atoms with van der Waals surface area (Å²) in [5.41, 5.74) is 2.14. The average Bonchev–Trinajstić information content (AvgIpc) is 2.42. The van der Waals surface area contributed by atoms with Gasteiger partial charge in [-0.2, -0.15) is 4.31 Å². The third-order valence-corrected chi connectivity index (χ3v) is 4.79. The van der Waals surface area contributed by atoms with E-state index in [1.807, 2.05) is 31.2 Å². The van der Waals surface area contributed by atoms with E-state index in [1.54, 1.807) is 37.4 Å². The molecule has 0 aliphatic heterocycles. The molecule has 100 valence electrons. The molecule has 0 atom stereocenters. The van der Waals surface area contributed by atoms with Crippen molar-refractivity contribution in [2.75, 3.05) is 7.05 Å². The van der Waals surface area contributed by atoms with Crippen LogP contribution in [0.15, 0.2) is 59.5 Å². The van der Waals surface area contributed by atoms with Crippen LogP contribution in [0.1, 0.15) is 11.1 Å². The van der Waals surface area contributed by atoms with E-state index in [2.05, 4.69) is 0 Å². The topological polar surface area (TPSA) is 37.4 Å². The van der Waals surface area contributed by atoms with E-state index in [0.29, 0.717) is 11.4 Å². The molecule has 0 saturated carbocycles. The number of rotatable bonds is 4. The smallest absolute Gasteiger partial charge is 0.207 e. The predicted molar refractivity (Wildman–Crippen MR) is 76.3 cm³/mol. The van der Waals surface area contributed by atoms with Crippen LogP contribution in [0, 0.1) is 6.92 Å². The molecule has 19 heavy (non-hydrogen) atoms. The van der Waals surface area contributed by atoms with Crippen molar-refractivity contribution in [3.8, 4) is 0 Å². The number of sulfonamides is 1. The molecule has 0 spiro atoms. The summed E-state index contributed by atoms with van der Waals surface area (Å²) in [4.78, 5) is 0.324. The lowest BCUT2D eigenvalue weighted by molar-refractivity contribution is 0.466. The van der Waals surface area contributed by atoms with E-state index in [-0.39, 0.29) is 0 Å². The second-order valence-electron chi connectivity index (χ2n) is 4.56. The molecule has 0 fully saturated rings. The van der Waals surface area contributed by atoms with Gasteiger partial charge in [-0.05, 0) is 24.6 Å². The lowest BCUT2D eigenvalue weighted by Crippen LogP contribution is -2.26. The maximum Gasteiger partial charge on any atom is 0.243 e. The normalized spacial score (nSPS) is 11.7. The molecule has 2 rings (SSSR count). The van der Waals surface area contributed by atoms with Gasteiger partial charge in [-0.3, -0.25) is 0 Å². The Labute approximate surface area is 114 Å². The van der Waals surface area contributed by atoms with Crippen LogP contribution in [0.3, 0.4) is 0 Å². The minimum Gasteiger partial charge on any atom is -0.207 e. The first kappa shape index (κ1) is 13.8. The maximum absolute atomic E-state index is 12.3. The third kappa shape index (κ3) is 3.22. The molecule has 0 heterocycles. The Morgan fingerprint density at radius 2 is 1.53 bits per heavy atom. The monoisotopic (exact) mass is 275 g/mol. The first-order valence-electron chi connectivity index (χ1n) is 6.07. The van der Waals surface area contributed by atoms with Crippen molar-refractivity contribution in [1.82, 2.24) is 4.31 Å². The number of hydrogen-bond donors (Lipinski definition) is 0. The van der Waals surface area contributed by atoms with Gasteiger partial charge in [-0.25, -0.2) is 8.42 Å². The highest BCUT2D eigenvalue weighted by atomic mass is 32.2. The van der Waals surface area contributed by atoms with E-state index in [0.717, 1.165) is 11.1 Å². The van der Waals surface area contributed by atoms with Crippen molar-refractivity contribution in [1.29, 1.82) is 0 Å². The second-order valence-corrected chi connectivity index (χ2v) is 6.60. The molecule has 0 aromatic heterocycles. The Morgan fingerprint density at radius 3 is 2.11 bits per heavy atom. The molecule has 0 saturated heterocycles. The lowest BCUT2D eigenvalue weighted by Gasteiger charge is -2.17. The number of hydrogen-bond acceptors (Lipinski definition) is 2. The molecule has 3 nitrogen and oxygen atoms in total. The fraction of sp³-hybridized carbons (Fsp3) is 0.200. The predicted octanol–water partition coefficient (Wildman–Crippen LogP) is 2.82. The zero-order chi connectivity index (χ0) is 13.9. The van der Waals surface area contributed by atoms with E-state index in [9.17, 15) is 8.42 Å². The van der Waals surface area contributed by atoms with E-state index in [1.165, 1.54) is 4.31 Å². The van der Waals surface area contributed by atoms with Crippen LogP contribution in [0.25, 0.3) is 0 Å². The summed E-state index contributed by atoms with van der Waals surface area (Å²) in [5, 5.41) is 0. The summed E-state index contributed by atoms with van der Waals surface area (Å²) in [6, 6.07) is 16.4. The number of benzene rings is 2. The van der Waals surface area contributed by atoms with Crippen LogP contribution in [-0.2, 0) is 16.6 Å². The molecule has 0 bridgehead atoms. The fourth-order valence-electron chi connectivity index (χ4n) is 1.81. The Balaban J connectivity index is 2.20. The van der Waals surface area contributed by atoms with Gasteiger partial charge in [0, 0.05) is 13.6 Å². The summed E-state index contributed by atoms with van der Waals surface area (Å²) in [6.07, 6.45) is 0. The van der Waals surface area contributed by atoms with Crippen molar-refractivity contribution >= 4 is 10.0 Å². The summed E-state index contributed by atoms with van der Waals surface area (Å²) in [5.74, 6) is 0. The van der Waals surface area contributed by atoms with Crippen LogP contribution < -0.4 is 0 Å². The van der Waals surface area contributed by atoms with Crippen molar-refractivity contribution < 1.29 is 8.42 Å². The van der Waals surface area contributed by atoms with Crippen LogP contribution in [0.2, 0.25) is 0 Å². The Hall–Kier alpha value is -1.65. The number of nitrogens with zero attached hydrogens (tertiary/aromatic N) is 1. The fourth-order valence-corrected chi connectivity index (χ4v) is 2.99. The molecule has 0 unspecified atom stereocenters. The van der Waals surface area contributed by atoms with Gasteiger partial charge in [-0.15, -0.1) is 0 Å². The van der Waals surface area contributed by atoms with Gasteiger partial charge < -0.3 is 0 Å². The SMILES string of the molecule is Cc1ccc(CN(C)S(=O)(=O)c2ccccc2)cc1. The van der Waals surface area contributed by atoms with Gasteiger partial charge in [0.25, 0.3) is 0 Å². The van der Waals surface area contributed by atoms with Crippen molar-refractivity contribution in [2.24, 2.45) is 0 Å². The summed E-state index contributed by atoms with van der Waals surface area (Å²) >= 11 is 0. The molecule has 0 amide bonds. The minimum absolute atomic E-state index is 0.324. The van der Waals surface area contributed by atoms with Gasteiger partial charge in [0.15, 0.2) is 0 Å². The van der Waals surface area contributed by atoms with Gasteiger partial charge >= 0.3 is 0 Å². The quantitative estimate of drug-likeness (QED) is 0.860. The van der Waals surface area contributed by atoms with Crippen molar-refractivity contribution in [2.45, 2.75) is 18.4 Å². The molecule has 4 heteroatoms. The van der Waals surface area contributed by atoms with Gasteiger partial charge in [0.2, 0.25) is 10.0 Å². The van der Waals surface area contributed by atoms with E-state index < -0.39 is 10.0 Å². The van der Waals surface area contributed by atoms with Gasteiger partial charge in [0.1, 0.15) is 0 Å². The zero-order valence-electron chi connectivity index (χ0n) is 11.1. The van der Waals surface area contributed by atoms with Crippen LogP contribution in [0.5, 0.6) is 0 Å². The Bertz CT molecular complexity index is 634. The van der Waals surface area contributed by atoms with Crippen molar-refractivity contribution in [3.05, 3.63) is 65.7 Å². The molecule has 0 radical (unpaired) electrons. The maximum atomic E-state index is 12.3. The van der Waals surface area contributed by atoms with Crippen LogP contribution in [-0.4, -0.2) is 19.8 Å². The average molecular weight is 275 g/mol. The van der Waals surface area contributed by atoms with Gasteiger partial charge in [-0.1, -0.05) is 48.0 Å². The zero-order valence-corrected chi connectivity index (χ0v) is 11.9. The molecule has 0 aliphatic carbocycles. The molecule has 0 aliphatic rings. The summed E-state index contributed by atoms with van der Waals surface area (Å²) in [7, 11) is -1.81. The highest BCUT2D eigenvalue weighted by molar-refractivity contribution is 7.89. The van der Waals surface area contributed by atoms with E-state index in [4.69, 9.17) is 0 Å². The second kappa shape index (κ2) is 5.55. The molecular formula is C15H17NO2S. The van der Waals surface area contributed by atoms with E-state index >= 15 is 0 Å². The van der Waals surface area contributed by atoms with Crippen LogP contribution >= 0.6 is 0 Å². The Kier molecular flexibility index (Phi) is 4.02. The number of aryl methyl sites for hydroxylation is 1. The molecule has 2 aromatic carbocycles. The highest BCUT2D eigenvalue weighted by Crippen LogP contribution is 2.16. The third-order valence-electron chi connectivity index (χ3n) is 2.98. The standard InChI is InChI=1S/C15H17NO2S/c1-13-8-10-14(11-9-13)12-16(2)19(17,18)15-6-4-3-5-7-15/h3-11H,12H2,1-2H3. The first-order valence-corrected chi connectivity index (χ1v) is 7.51. The molecule has 0 N–H and O–H groups in total. The summed E-state index contributed by atoms with van der Waals surface area (Å²) < 4.78 is 26.0. The van der Waals surface area contributed by atoms with Gasteiger partial charge in [0.05, 0.1) is 4.90 Å². The summed E-state index contributed by atoms with van der Waals surface area (Å²) in [6.45, 7) is 2.38. The molecule has 2 aromatic rings. The Morgan fingerprint density at radius 1 is 0.947 bits per heavy atom. The highest BCUT2D eigenvalue weighted by Gasteiger charge is 2.20. The van der Waals surface area contributed by atoms with Crippen LogP contribution in [0.4, 0.5) is 0 Å². The van der Waals surface area contributed by atoms with Crippen molar-refractivity contribution in [3.63, 3.8) is 0 Å². The lowest BCUT2D eigenvalue weighted by atomic mass is 10.1.